The van der Waals surface area contributed by atoms with E-state index >= 15 is 0 Å². The second kappa shape index (κ2) is 6.21. The summed E-state index contributed by atoms with van der Waals surface area (Å²) in [6.07, 6.45) is 0.974. The molecule has 0 N–H and O–H groups in total. The lowest BCUT2D eigenvalue weighted by Gasteiger charge is -2.13. The molecule has 0 aliphatic rings. The highest BCUT2D eigenvalue weighted by molar-refractivity contribution is 5.28. The minimum absolute atomic E-state index is 0.0415. The molecule has 0 amide bonds. The number of aromatic nitrogens is 1. The summed E-state index contributed by atoms with van der Waals surface area (Å²) in [4.78, 5) is 12.2. The Morgan fingerprint density at radius 1 is 1.47 bits per heavy atom. The fourth-order valence-electron chi connectivity index (χ4n) is 1.91. The smallest absolute Gasteiger partial charge is 0.255 e. The molecule has 92 valence electrons. The highest BCUT2D eigenvalue weighted by Crippen LogP contribution is 2.07. The molecule has 0 atom stereocenters. The van der Waals surface area contributed by atoms with Crippen molar-refractivity contribution in [2.45, 2.75) is 33.2 Å². The second-order valence-corrected chi connectivity index (χ2v) is 4.09. The molecule has 0 saturated carbocycles. The van der Waals surface area contributed by atoms with Gasteiger partial charge in [0.1, 0.15) is 0 Å². The van der Waals surface area contributed by atoms with Gasteiger partial charge in [0.05, 0.1) is 12.5 Å². The molecule has 0 radical (unpaired) electrons. The molecule has 0 unspecified atom stereocenters. The zero-order valence-corrected chi connectivity index (χ0v) is 10.6. The highest BCUT2D eigenvalue weighted by atomic mass is 16.5. The van der Waals surface area contributed by atoms with E-state index in [0.29, 0.717) is 18.7 Å². The predicted octanol–water partition coefficient (Wildman–Crippen LogP) is 1.57. The molecular formula is C13H18N2O2. The Hall–Kier alpha value is -1.60. The SMILES string of the molecule is COCCCn1c(C)cc(C)c(CC#N)c1=O. The van der Waals surface area contributed by atoms with Crippen LogP contribution in [0.2, 0.25) is 0 Å². The molecule has 1 aromatic rings. The number of hydrogen-bond donors (Lipinski definition) is 0. The van der Waals surface area contributed by atoms with Gasteiger partial charge in [0, 0.05) is 31.5 Å². The number of nitriles is 1. The van der Waals surface area contributed by atoms with Crippen molar-refractivity contribution in [3.05, 3.63) is 33.2 Å². The van der Waals surface area contributed by atoms with Crippen LogP contribution >= 0.6 is 0 Å². The number of methoxy groups -OCH3 is 1. The van der Waals surface area contributed by atoms with Gasteiger partial charge in [-0.3, -0.25) is 4.79 Å². The van der Waals surface area contributed by atoms with Gasteiger partial charge in [-0.05, 0) is 31.9 Å². The van der Waals surface area contributed by atoms with Crippen LogP contribution in [0.4, 0.5) is 0 Å². The highest BCUT2D eigenvalue weighted by Gasteiger charge is 2.09. The molecule has 0 fully saturated rings. The van der Waals surface area contributed by atoms with Crippen molar-refractivity contribution in [2.75, 3.05) is 13.7 Å². The lowest BCUT2D eigenvalue weighted by atomic mass is 10.1. The molecule has 0 bridgehead atoms. The van der Waals surface area contributed by atoms with E-state index in [1.807, 2.05) is 26.0 Å². The van der Waals surface area contributed by atoms with Gasteiger partial charge < -0.3 is 9.30 Å². The van der Waals surface area contributed by atoms with E-state index in [1.54, 1.807) is 11.7 Å². The van der Waals surface area contributed by atoms with E-state index in [1.165, 1.54) is 0 Å². The Morgan fingerprint density at radius 2 is 2.18 bits per heavy atom. The number of rotatable bonds is 5. The molecule has 4 heteroatoms. The summed E-state index contributed by atoms with van der Waals surface area (Å²) < 4.78 is 6.70. The lowest BCUT2D eigenvalue weighted by Crippen LogP contribution is -2.27. The van der Waals surface area contributed by atoms with Crippen LogP contribution in [0.3, 0.4) is 0 Å². The van der Waals surface area contributed by atoms with Crippen LogP contribution < -0.4 is 5.56 Å². The topological polar surface area (TPSA) is 55.0 Å². The molecule has 0 aliphatic carbocycles. The number of aryl methyl sites for hydroxylation is 2. The monoisotopic (exact) mass is 234 g/mol. The van der Waals surface area contributed by atoms with Crippen molar-refractivity contribution < 1.29 is 4.74 Å². The number of pyridine rings is 1. The van der Waals surface area contributed by atoms with E-state index < -0.39 is 0 Å². The van der Waals surface area contributed by atoms with E-state index in [9.17, 15) is 4.79 Å². The summed E-state index contributed by atoms with van der Waals surface area (Å²) in [6.45, 7) is 5.06. The van der Waals surface area contributed by atoms with Gasteiger partial charge in [0.2, 0.25) is 0 Å². The quantitative estimate of drug-likeness (QED) is 0.727. The summed E-state index contributed by atoms with van der Waals surface area (Å²) in [6, 6.07) is 4.00. The molecule has 1 heterocycles. The van der Waals surface area contributed by atoms with Crippen LogP contribution in [-0.4, -0.2) is 18.3 Å². The Morgan fingerprint density at radius 3 is 2.76 bits per heavy atom. The van der Waals surface area contributed by atoms with E-state index in [2.05, 4.69) is 0 Å². The van der Waals surface area contributed by atoms with Crippen molar-refractivity contribution in [1.82, 2.24) is 4.57 Å². The van der Waals surface area contributed by atoms with E-state index in [4.69, 9.17) is 10.00 Å². The van der Waals surface area contributed by atoms with Crippen LogP contribution in [0.15, 0.2) is 10.9 Å². The van der Waals surface area contributed by atoms with Crippen LogP contribution in [0, 0.1) is 25.2 Å². The first kappa shape index (κ1) is 13.5. The summed E-state index contributed by atoms with van der Waals surface area (Å²) in [5, 5.41) is 8.72. The fourth-order valence-corrected chi connectivity index (χ4v) is 1.91. The molecule has 0 spiro atoms. The second-order valence-electron chi connectivity index (χ2n) is 4.09. The molecular weight excluding hydrogens is 216 g/mol. The van der Waals surface area contributed by atoms with Gasteiger partial charge >= 0.3 is 0 Å². The third kappa shape index (κ3) is 3.18. The maximum atomic E-state index is 12.2. The predicted molar refractivity (Wildman–Crippen MR) is 66.0 cm³/mol. The zero-order chi connectivity index (χ0) is 12.8. The Kier molecular flexibility index (Phi) is 4.92. The lowest BCUT2D eigenvalue weighted by molar-refractivity contribution is 0.189. The van der Waals surface area contributed by atoms with Gasteiger partial charge in [0.15, 0.2) is 0 Å². The van der Waals surface area contributed by atoms with E-state index in [-0.39, 0.29) is 12.0 Å². The standard InChI is InChI=1S/C13H18N2O2/c1-10-9-11(2)15(7-4-8-17-3)13(16)12(10)5-6-14/h9H,4-5,7-8H2,1-3H3. The van der Waals surface area contributed by atoms with Gasteiger partial charge in [-0.2, -0.15) is 5.26 Å². The largest absolute Gasteiger partial charge is 0.385 e. The normalized spacial score (nSPS) is 10.2. The van der Waals surface area contributed by atoms with Crippen molar-refractivity contribution in [3.63, 3.8) is 0 Å². The summed E-state index contributed by atoms with van der Waals surface area (Å²) >= 11 is 0. The minimum atomic E-state index is -0.0415. The zero-order valence-electron chi connectivity index (χ0n) is 10.6. The van der Waals surface area contributed by atoms with Crippen molar-refractivity contribution in [1.29, 1.82) is 5.26 Å². The van der Waals surface area contributed by atoms with Gasteiger partial charge in [0.25, 0.3) is 5.56 Å². The van der Waals surface area contributed by atoms with Gasteiger partial charge in [-0.1, -0.05) is 0 Å². The van der Waals surface area contributed by atoms with Crippen LogP contribution in [0.5, 0.6) is 0 Å². The van der Waals surface area contributed by atoms with Crippen molar-refractivity contribution in [3.8, 4) is 6.07 Å². The first-order valence-corrected chi connectivity index (χ1v) is 5.67. The molecule has 0 aliphatic heterocycles. The molecule has 0 saturated heterocycles. The van der Waals surface area contributed by atoms with Gasteiger partial charge in [-0.15, -0.1) is 0 Å². The summed E-state index contributed by atoms with van der Waals surface area (Å²) in [5.74, 6) is 0. The molecule has 4 nitrogen and oxygen atoms in total. The average Bonchev–Trinajstić information content (AvgIpc) is 2.29. The first-order chi connectivity index (χ1) is 8.11. The fraction of sp³-hybridized carbons (Fsp3) is 0.538. The number of ether oxygens (including phenoxy) is 1. The number of nitrogens with zero attached hydrogens (tertiary/aromatic N) is 2. The van der Waals surface area contributed by atoms with E-state index in [0.717, 1.165) is 17.7 Å². The maximum absolute atomic E-state index is 12.2. The van der Waals surface area contributed by atoms with Gasteiger partial charge in [-0.25, -0.2) is 0 Å². The molecule has 1 aromatic heterocycles. The minimum Gasteiger partial charge on any atom is -0.385 e. The van der Waals surface area contributed by atoms with Crippen molar-refractivity contribution in [2.24, 2.45) is 0 Å². The third-order valence-corrected chi connectivity index (χ3v) is 2.82. The van der Waals surface area contributed by atoms with Crippen LogP contribution in [-0.2, 0) is 17.7 Å². The van der Waals surface area contributed by atoms with Crippen molar-refractivity contribution >= 4 is 0 Å². The summed E-state index contributed by atoms with van der Waals surface area (Å²) in [7, 11) is 1.64. The van der Waals surface area contributed by atoms with Crippen LogP contribution in [0.25, 0.3) is 0 Å². The Balaban J connectivity index is 3.08. The molecule has 1 rings (SSSR count). The number of hydrogen-bond acceptors (Lipinski definition) is 3. The first-order valence-electron chi connectivity index (χ1n) is 5.67. The van der Waals surface area contributed by atoms with Crippen LogP contribution in [0.1, 0.15) is 23.2 Å². The average molecular weight is 234 g/mol. The Labute approximate surface area is 101 Å². The molecule has 0 aromatic carbocycles. The Bertz CT molecular complexity index is 483. The third-order valence-electron chi connectivity index (χ3n) is 2.82. The summed E-state index contributed by atoms with van der Waals surface area (Å²) in [5.41, 5.74) is 2.40. The molecule has 17 heavy (non-hydrogen) atoms. The maximum Gasteiger partial charge on any atom is 0.255 e.